The van der Waals surface area contributed by atoms with Gasteiger partial charge in [-0.2, -0.15) is 13.2 Å². The highest BCUT2D eigenvalue weighted by atomic mass is 32.2. The number of nitrogens with zero attached hydrogens (tertiary/aromatic N) is 2. The Kier molecular flexibility index (Phi) is 9.53. The van der Waals surface area contributed by atoms with Gasteiger partial charge in [0.05, 0.1) is 17.5 Å². The van der Waals surface area contributed by atoms with Crippen molar-refractivity contribution in [2.75, 3.05) is 17.1 Å². The smallest absolute Gasteiger partial charge is 0.352 e. The maximum absolute atomic E-state index is 13.5. The normalized spacial score (nSPS) is 13.6. The number of hydrogen-bond donors (Lipinski definition) is 1. The lowest BCUT2D eigenvalue weighted by Crippen LogP contribution is -2.52. The quantitative estimate of drug-likeness (QED) is 0.504. The highest BCUT2D eigenvalue weighted by Crippen LogP contribution is 2.32. The molecule has 0 unspecified atom stereocenters. The van der Waals surface area contributed by atoms with Crippen LogP contribution < -0.4 is 9.62 Å². The zero-order valence-corrected chi connectivity index (χ0v) is 21.8. The number of anilines is 1. The lowest BCUT2D eigenvalue weighted by molar-refractivity contribution is -0.139. The number of carbonyl (C=O) groups is 2. The minimum Gasteiger partial charge on any atom is -0.352 e. The SMILES string of the molecule is CC[C@H](C)NC(=O)[C@H](C)N(Cc1cccc(C)c1)C(=O)CN(c1cccc(C(F)(F)F)c1)S(C)(=O)=O. The van der Waals surface area contributed by atoms with E-state index in [0.29, 0.717) is 16.8 Å². The fourth-order valence-corrected chi connectivity index (χ4v) is 4.35. The van der Waals surface area contributed by atoms with Crippen molar-refractivity contribution in [1.82, 2.24) is 10.2 Å². The summed E-state index contributed by atoms with van der Waals surface area (Å²) in [5, 5.41) is 2.81. The molecule has 0 fully saturated rings. The molecule has 7 nitrogen and oxygen atoms in total. The number of rotatable bonds is 10. The second kappa shape index (κ2) is 11.8. The van der Waals surface area contributed by atoms with Gasteiger partial charge in [-0.05, 0) is 51.0 Å². The van der Waals surface area contributed by atoms with Crippen molar-refractivity contribution < 1.29 is 31.2 Å². The number of aryl methyl sites for hydroxylation is 1. The number of benzene rings is 2. The Morgan fingerprint density at radius 1 is 1.06 bits per heavy atom. The molecule has 0 saturated heterocycles. The third-order valence-electron chi connectivity index (χ3n) is 5.74. The summed E-state index contributed by atoms with van der Waals surface area (Å²) in [6.07, 6.45) is -3.21. The molecule has 0 spiro atoms. The fourth-order valence-electron chi connectivity index (χ4n) is 3.51. The molecule has 11 heteroatoms. The van der Waals surface area contributed by atoms with Gasteiger partial charge in [0.15, 0.2) is 0 Å². The van der Waals surface area contributed by atoms with E-state index in [4.69, 9.17) is 0 Å². The second-order valence-corrected chi connectivity index (χ2v) is 10.7. The summed E-state index contributed by atoms with van der Waals surface area (Å²) in [6, 6.07) is 9.92. The highest BCUT2D eigenvalue weighted by molar-refractivity contribution is 7.92. The lowest BCUT2D eigenvalue weighted by atomic mass is 10.1. The van der Waals surface area contributed by atoms with E-state index in [1.807, 2.05) is 32.9 Å². The van der Waals surface area contributed by atoms with Gasteiger partial charge in [-0.3, -0.25) is 13.9 Å². The van der Waals surface area contributed by atoms with Crippen molar-refractivity contribution >= 4 is 27.5 Å². The van der Waals surface area contributed by atoms with Gasteiger partial charge in [-0.25, -0.2) is 8.42 Å². The fraction of sp³-hybridized carbons (Fsp3) is 0.440. The molecule has 0 bridgehead atoms. The third-order valence-corrected chi connectivity index (χ3v) is 6.88. The molecular weight excluding hydrogens is 495 g/mol. The Labute approximate surface area is 210 Å². The molecule has 2 aromatic rings. The molecule has 198 valence electrons. The first-order valence-corrected chi connectivity index (χ1v) is 13.3. The van der Waals surface area contributed by atoms with Crippen LogP contribution in [-0.2, 0) is 32.3 Å². The van der Waals surface area contributed by atoms with Crippen LogP contribution in [0.2, 0.25) is 0 Å². The summed E-state index contributed by atoms with van der Waals surface area (Å²) in [5.41, 5.74) is 0.307. The molecule has 2 amide bonds. The van der Waals surface area contributed by atoms with E-state index in [0.717, 1.165) is 29.5 Å². The summed E-state index contributed by atoms with van der Waals surface area (Å²) >= 11 is 0. The first-order valence-electron chi connectivity index (χ1n) is 11.4. The molecule has 2 atom stereocenters. The number of halogens is 3. The largest absolute Gasteiger partial charge is 0.416 e. The molecule has 0 heterocycles. The predicted octanol–water partition coefficient (Wildman–Crippen LogP) is 4.11. The Balaban J connectivity index is 2.44. The highest BCUT2D eigenvalue weighted by Gasteiger charge is 2.33. The Morgan fingerprint density at radius 3 is 2.25 bits per heavy atom. The monoisotopic (exact) mass is 527 g/mol. The van der Waals surface area contributed by atoms with Crippen LogP contribution in [0.5, 0.6) is 0 Å². The minimum absolute atomic E-state index is 0.00972. The second-order valence-electron chi connectivity index (χ2n) is 8.82. The number of carbonyl (C=O) groups excluding carboxylic acids is 2. The minimum atomic E-state index is -4.69. The average Bonchev–Trinajstić information content (AvgIpc) is 2.79. The van der Waals surface area contributed by atoms with Gasteiger partial charge in [0.25, 0.3) is 0 Å². The van der Waals surface area contributed by atoms with Crippen LogP contribution in [0, 0.1) is 6.92 Å². The van der Waals surface area contributed by atoms with Crippen molar-refractivity contribution in [3.8, 4) is 0 Å². The van der Waals surface area contributed by atoms with E-state index >= 15 is 0 Å². The van der Waals surface area contributed by atoms with Crippen LogP contribution in [0.25, 0.3) is 0 Å². The van der Waals surface area contributed by atoms with E-state index in [9.17, 15) is 31.2 Å². The van der Waals surface area contributed by atoms with Crippen molar-refractivity contribution in [2.45, 2.75) is 58.9 Å². The van der Waals surface area contributed by atoms with Crippen LogP contribution in [-0.4, -0.2) is 50.0 Å². The van der Waals surface area contributed by atoms with Crippen molar-refractivity contribution in [3.63, 3.8) is 0 Å². The number of sulfonamides is 1. The number of nitrogens with one attached hydrogen (secondary N) is 1. The van der Waals surface area contributed by atoms with E-state index < -0.39 is 46.2 Å². The molecule has 0 saturated carbocycles. The van der Waals surface area contributed by atoms with Crippen molar-refractivity contribution in [1.29, 1.82) is 0 Å². The van der Waals surface area contributed by atoms with Crippen LogP contribution >= 0.6 is 0 Å². The molecule has 36 heavy (non-hydrogen) atoms. The summed E-state index contributed by atoms with van der Waals surface area (Å²) in [7, 11) is -4.14. The molecule has 0 aliphatic heterocycles. The third kappa shape index (κ3) is 7.97. The van der Waals surface area contributed by atoms with Gasteiger partial charge in [0.1, 0.15) is 12.6 Å². The summed E-state index contributed by atoms with van der Waals surface area (Å²) < 4.78 is 65.4. The zero-order chi connectivity index (χ0) is 27.3. The maximum Gasteiger partial charge on any atom is 0.416 e. The van der Waals surface area contributed by atoms with Crippen LogP contribution in [0.4, 0.5) is 18.9 Å². The molecule has 0 aliphatic carbocycles. The van der Waals surface area contributed by atoms with Gasteiger partial charge in [-0.15, -0.1) is 0 Å². The predicted molar refractivity (Wildman–Crippen MR) is 133 cm³/mol. The number of amides is 2. The molecule has 2 rings (SSSR count). The average molecular weight is 528 g/mol. The van der Waals surface area contributed by atoms with Crippen LogP contribution in [0.15, 0.2) is 48.5 Å². The summed E-state index contributed by atoms with van der Waals surface area (Å²) in [5.74, 6) is -1.15. The number of hydrogen-bond acceptors (Lipinski definition) is 4. The molecule has 1 N–H and O–H groups in total. The summed E-state index contributed by atoms with van der Waals surface area (Å²) in [6.45, 7) is 6.34. The van der Waals surface area contributed by atoms with E-state index in [1.165, 1.54) is 17.9 Å². The Morgan fingerprint density at radius 2 is 1.69 bits per heavy atom. The molecule has 0 radical (unpaired) electrons. The van der Waals surface area contributed by atoms with Gasteiger partial charge < -0.3 is 10.2 Å². The molecule has 0 aliphatic rings. The van der Waals surface area contributed by atoms with Gasteiger partial charge >= 0.3 is 6.18 Å². The van der Waals surface area contributed by atoms with Crippen LogP contribution in [0.1, 0.15) is 43.9 Å². The van der Waals surface area contributed by atoms with E-state index in [2.05, 4.69) is 5.32 Å². The zero-order valence-electron chi connectivity index (χ0n) is 21.0. The topological polar surface area (TPSA) is 86.8 Å². The Bertz CT molecular complexity index is 1190. The first kappa shape index (κ1) is 29.2. The maximum atomic E-state index is 13.5. The van der Waals surface area contributed by atoms with Crippen LogP contribution in [0.3, 0.4) is 0 Å². The van der Waals surface area contributed by atoms with Crippen molar-refractivity contribution in [3.05, 3.63) is 65.2 Å². The van der Waals surface area contributed by atoms with E-state index in [1.54, 1.807) is 12.1 Å². The van der Waals surface area contributed by atoms with Gasteiger partial charge in [0, 0.05) is 12.6 Å². The first-order chi connectivity index (χ1) is 16.6. The summed E-state index contributed by atoms with van der Waals surface area (Å²) in [4.78, 5) is 27.6. The lowest BCUT2D eigenvalue weighted by Gasteiger charge is -2.32. The molecular formula is C25H32F3N3O4S. The van der Waals surface area contributed by atoms with Gasteiger partial charge in [-0.1, -0.05) is 42.8 Å². The standard InChI is InChI=1S/C25H32F3N3O4S/c1-6-18(3)29-24(33)19(4)30(15-20-10-7-9-17(2)13-20)23(32)16-31(36(5,34)35)22-12-8-11-21(14-22)25(26,27)28/h7-14,18-19H,6,15-16H2,1-5H3,(H,29,33)/t18-,19-/m0/s1. The molecule has 2 aromatic carbocycles. The van der Waals surface area contributed by atoms with Gasteiger partial charge in [0.2, 0.25) is 21.8 Å². The van der Waals surface area contributed by atoms with Crippen molar-refractivity contribution in [2.24, 2.45) is 0 Å². The van der Waals surface area contributed by atoms with E-state index in [-0.39, 0.29) is 18.3 Å². The Hall–Kier alpha value is -3.08. The molecule has 0 aromatic heterocycles. The number of alkyl halides is 3.